The third-order valence-electron chi connectivity index (χ3n) is 5.56. The second-order valence-electron chi connectivity index (χ2n) is 8.11. The average Bonchev–Trinajstić information content (AvgIpc) is 2.85. The smallest absolute Gasteiger partial charge is 0.335 e. The molecule has 0 atom stereocenters. The Morgan fingerprint density at radius 3 is 2.42 bits per heavy atom. The second kappa shape index (κ2) is 10.5. The molecule has 0 unspecified atom stereocenters. The normalized spacial score (nSPS) is 14.6. The molecule has 1 saturated heterocycles. The maximum atomic E-state index is 13.1. The summed E-state index contributed by atoms with van der Waals surface area (Å²) in [5.74, 6) is -1.46. The molecular formula is C27H22ClN3O5. The molecule has 0 bridgehead atoms. The van der Waals surface area contributed by atoms with E-state index in [1.54, 1.807) is 66.7 Å². The zero-order valence-corrected chi connectivity index (χ0v) is 20.3. The zero-order valence-electron chi connectivity index (χ0n) is 19.5. The van der Waals surface area contributed by atoms with E-state index in [9.17, 15) is 19.2 Å². The van der Waals surface area contributed by atoms with Gasteiger partial charge < -0.3 is 10.1 Å². The SMILES string of the molecule is Cc1ccc(N2C(=O)NC(=O)/C(=C/c3ccc(OCC(=O)Nc4ccccc4Cl)cc3)C2=O)cc1C. The highest BCUT2D eigenvalue weighted by Gasteiger charge is 2.36. The number of imide groups is 2. The Hall–Kier alpha value is -4.43. The summed E-state index contributed by atoms with van der Waals surface area (Å²) in [4.78, 5) is 51.0. The topological polar surface area (TPSA) is 105 Å². The summed E-state index contributed by atoms with van der Waals surface area (Å²) in [5, 5.41) is 5.29. The van der Waals surface area contributed by atoms with Crippen LogP contribution in [0.3, 0.4) is 0 Å². The van der Waals surface area contributed by atoms with E-state index in [4.69, 9.17) is 16.3 Å². The number of hydrogen-bond acceptors (Lipinski definition) is 5. The molecule has 182 valence electrons. The number of halogens is 1. The number of para-hydroxylation sites is 1. The first kappa shape index (κ1) is 24.7. The molecule has 1 heterocycles. The average molecular weight is 504 g/mol. The summed E-state index contributed by atoms with van der Waals surface area (Å²) in [6.07, 6.45) is 1.39. The van der Waals surface area contributed by atoms with Gasteiger partial charge in [0.05, 0.1) is 16.4 Å². The van der Waals surface area contributed by atoms with Crippen molar-refractivity contribution >= 4 is 52.8 Å². The fourth-order valence-electron chi connectivity index (χ4n) is 3.48. The summed E-state index contributed by atoms with van der Waals surface area (Å²) in [6.45, 7) is 3.56. The Morgan fingerprint density at radius 2 is 1.72 bits per heavy atom. The quantitative estimate of drug-likeness (QED) is 0.376. The van der Waals surface area contributed by atoms with Crippen LogP contribution in [-0.4, -0.2) is 30.4 Å². The molecule has 3 aromatic rings. The molecule has 0 radical (unpaired) electrons. The van der Waals surface area contributed by atoms with E-state index in [0.29, 0.717) is 27.7 Å². The molecule has 0 saturated carbocycles. The van der Waals surface area contributed by atoms with E-state index < -0.39 is 17.8 Å². The number of ether oxygens (including phenoxy) is 1. The van der Waals surface area contributed by atoms with Gasteiger partial charge in [-0.1, -0.05) is 41.9 Å². The lowest BCUT2D eigenvalue weighted by Gasteiger charge is -2.26. The Labute approximate surface area is 212 Å². The standard InChI is InChI=1S/C27H22ClN3O5/c1-16-7-10-19(13-17(16)2)31-26(34)21(25(33)30-27(31)35)14-18-8-11-20(12-9-18)36-15-24(32)29-23-6-4-3-5-22(23)28/h3-14H,15H2,1-2H3,(H,29,32)(H,30,33,35)/b21-14-. The van der Waals surface area contributed by atoms with Crippen LogP contribution < -0.4 is 20.3 Å². The molecule has 8 nitrogen and oxygen atoms in total. The lowest BCUT2D eigenvalue weighted by Crippen LogP contribution is -2.54. The maximum Gasteiger partial charge on any atom is 0.335 e. The second-order valence-corrected chi connectivity index (χ2v) is 8.52. The molecular weight excluding hydrogens is 482 g/mol. The number of anilines is 2. The van der Waals surface area contributed by atoms with Crippen LogP contribution in [0.5, 0.6) is 5.75 Å². The van der Waals surface area contributed by atoms with Gasteiger partial charge in [0.15, 0.2) is 6.61 Å². The molecule has 0 spiro atoms. The van der Waals surface area contributed by atoms with Crippen LogP contribution in [0.4, 0.5) is 16.2 Å². The summed E-state index contributed by atoms with van der Waals surface area (Å²) in [6, 6.07) is 17.7. The van der Waals surface area contributed by atoms with Crippen LogP contribution in [0.15, 0.2) is 72.3 Å². The first-order valence-electron chi connectivity index (χ1n) is 11.0. The predicted molar refractivity (Wildman–Crippen MR) is 137 cm³/mol. The maximum absolute atomic E-state index is 13.1. The van der Waals surface area contributed by atoms with Crippen molar-refractivity contribution in [2.75, 3.05) is 16.8 Å². The van der Waals surface area contributed by atoms with E-state index >= 15 is 0 Å². The van der Waals surface area contributed by atoms with Crippen molar-refractivity contribution < 1.29 is 23.9 Å². The minimum Gasteiger partial charge on any atom is -0.484 e. The van der Waals surface area contributed by atoms with Crippen molar-refractivity contribution in [3.05, 3.63) is 94.0 Å². The van der Waals surface area contributed by atoms with Crippen molar-refractivity contribution in [3.63, 3.8) is 0 Å². The molecule has 3 aromatic carbocycles. The first-order chi connectivity index (χ1) is 17.2. The molecule has 1 aliphatic rings. The van der Waals surface area contributed by atoms with Crippen molar-refractivity contribution in [3.8, 4) is 5.75 Å². The number of barbiturate groups is 1. The number of carbonyl (C=O) groups is 4. The molecule has 0 aromatic heterocycles. The minimum atomic E-state index is -0.802. The highest BCUT2D eigenvalue weighted by molar-refractivity contribution is 6.39. The number of aryl methyl sites for hydroxylation is 2. The van der Waals surface area contributed by atoms with Gasteiger partial charge in [0.1, 0.15) is 11.3 Å². The molecule has 1 fully saturated rings. The largest absolute Gasteiger partial charge is 0.484 e. The predicted octanol–water partition coefficient (Wildman–Crippen LogP) is 4.64. The van der Waals surface area contributed by atoms with Gasteiger partial charge in [0.2, 0.25) is 0 Å². The molecule has 4 rings (SSSR count). The van der Waals surface area contributed by atoms with Gasteiger partial charge in [-0.15, -0.1) is 0 Å². The van der Waals surface area contributed by atoms with Gasteiger partial charge in [0, 0.05) is 0 Å². The van der Waals surface area contributed by atoms with E-state index in [1.807, 2.05) is 13.8 Å². The van der Waals surface area contributed by atoms with Gasteiger partial charge in [0.25, 0.3) is 17.7 Å². The number of urea groups is 1. The van der Waals surface area contributed by atoms with Gasteiger partial charge >= 0.3 is 6.03 Å². The van der Waals surface area contributed by atoms with Crippen molar-refractivity contribution in [1.29, 1.82) is 0 Å². The Balaban J connectivity index is 1.45. The van der Waals surface area contributed by atoms with E-state index in [1.165, 1.54) is 6.08 Å². The highest BCUT2D eigenvalue weighted by atomic mass is 35.5. The van der Waals surface area contributed by atoms with E-state index in [-0.39, 0.29) is 18.1 Å². The molecule has 2 N–H and O–H groups in total. The molecule has 5 amide bonds. The number of benzene rings is 3. The van der Waals surface area contributed by atoms with Crippen LogP contribution in [0.25, 0.3) is 6.08 Å². The van der Waals surface area contributed by atoms with Crippen molar-refractivity contribution in [2.45, 2.75) is 13.8 Å². The Bertz CT molecular complexity index is 1400. The van der Waals surface area contributed by atoms with Crippen molar-refractivity contribution in [2.24, 2.45) is 0 Å². The highest BCUT2D eigenvalue weighted by Crippen LogP contribution is 2.25. The van der Waals surface area contributed by atoms with Crippen LogP contribution in [-0.2, 0) is 14.4 Å². The molecule has 1 aliphatic heterocycles. The first-order valence-corrected chi connectivity index (χ1v) is 11.4. The van der Waals surface area contributed by atoms with Crippen LogP contribution >= 0.6 is 11.6 Å². The van der Waals surface area contributed by atoms with Crippen molar-refractivity contribution in [1.82, 2.24) is 5.32 Å². The van der Waals surface area contributed by atoms with Gasteiger partial charge in [-0.25, -0.2) is 9.69 Å². The van der Waals surface area contributed by atoms with Gasteiger partial charge in [-0.05, 0) is 73.0 Å². The summed E-state index contributed by atoms with van der Waals surface area (Å²) in [5.41, 5.74) is 3.14. The van der Waals surface area contributed by atoms with E-state index in [2.05, 4.69) is 10.6 Å². The van der Waals surface area contributed by atoms with Crippen LogP contribution in [0, 0.1) is 13.8 Å². The third kappa shape index (κ3) is 5.45. The third-order valence-corrected chi connectivity index (χ3v) is 5.89. The fourth-order valence-corrected chi connectivity index (χ4v) is 3.66. The number of carbonyl (C=O) groups excluding carboxylic acids is 4. The Morgan fingerprint density at radius 1 is 1.00 bits per heavy atom. The number of nitrogens with zero attached hydrogens (tertiary/aromatic N) is 1. The summed E-state index contributed by atoms with van der Waals surface area (Å²) >= 11 is 6.03. The fraction of sp³-hybridized carbons (Fsp3) is 0.111. The lowest BCUT2D eigenvalue weighted by atomic mass is 10.1. The number of rotatable bonds is 6. The summed E-state index contributed by atoms with van der Waals surface area (Å²) < 4.78 is 5.50. The van der Waals surface area contributed by atoms with Crippen LogP contribution in [0.1, 0.15) is 16.7 Å². The van der Waals surface area contributed by atoms with Gasteiger partial charge in [-0.2, -0.15) is 0 Å². The van der Waals surface area contributed by atoms with E-state index in [0.717, 1.165) is 16.0 Å². The monoisotopic (exact) mass is 503 g/mol. The number of nitrogens with one attached hydrogen (secondary N) is 2. The van der Waals surface area contributed by atoms with Gasteiger partial charge in [-0.3, -0.25) is 19.7 Å². The molecule has 9 heteroatoms. The summed E-state index contributed by atoms with van der Waals surface area (Å²) in [7, 11) is 0. The van der Waals surface area contributed by atoms with Crippen LogP contribution in [0.2, 0.25) is 5.02 Å². The minimum absolute atomic E-state index is 0.180. The number of amides is 5. The lowest BCUT2D eigenvalue weighted by molar-refractivity contribution is -0.122. The zero-order chi connectivity index (χ0) is 25.8. The Kier molecular flexibility index (Phi) is 7.17. The molecule has 0 aliphatic carbocycles. The molecule has 36 heavy (non-hydrogen) atoms. The number of hydrogen-bond donors (Lipinski definition) is 2.